The number of hydrogen-bond donors (Lipinski definition) is 3. The molecule has 140 valence electrons. The number of piperidine rings is 1. The van der Waals surface area contributed by atoms with E-state index in [4.69, 9.17) is 12.2 Å². The molecular formula is C21H30N4S. The second-order valence-electron chi connectivity index (χ2n) is 7.81. The van der Waals surface area contributed by atoms with Gasteiger partial charge in [-0.05, 0) is 69.1 Å². The van der Waals surface area contributed by atoms with E-state index >= 15 is 0 Å². The molecule has 1 fully saturated rings. The minimum atomic E-state index is 0.409. The lowest BCUT2D eigenvalue weighted by Crippen LogP contribution is -2.57. The van der Waals surface area contributed by atoms with Crippen molar-refractivity contribution in [3.05, 3.63) is 35.0 Å². The van der Waals surface area contributed by atoms with E-state index in [1.807, 2.05) is 0 Å². The molecule has 1 aromatic heterocycles. The number of fused-ring (bicyclic) bond motifs is 2. The number of rotatable bonds is 4. The van der Waals surface area contributed by atoms with Gasteiger partial charge in [0.1, 0.15) is 0 Å². The Labute approximate surface area is 161 Å². The Hall–Kier alpha value is -1.59. The quantitative estimate of drug-likeness (QED) is 0.721. The number of thiocarbonyl (C=S) groups is 1. The largest absolute Gasteiger partial charge is 0.363 e. The molecule has 26 heavy (non-hydrogen) atoms. The zero-order chi connectivity index (χ0) is 18.3. The van der Waals surface area contributed by atoms with Crippen molar-refractivity contribution in [3.63, 3.8) is 0 Å². The van der Waals surface area contributed by atoms with Crippen LogP contribution < -0.4 is 10.6 Å². The van der Waals surface area contributed by atoms with Crippen LogP contribution in [0.15, 0.2) is 18.2 Å². The molecule has 0 bridgehead atoms. The van der Waals surface area contributed by atoms with Crippen molar-refractivity contribution in [1.82, 2.24) is 20.5 Å². The second-order valence-corrected chi connectivity index (χ2v) is 8.22. The van der Waals surface area contributed by atoms with Gasteiger partial charge in [0, 0.05) is 47.7 Å². The Balaban J connectivity index is 1.69. The van der Waals surface area contributed by atoms with Crippen molar-refractivity contribution in [3.8, 4) is 0 Å². The van der Waals surface area contributed by atoms with Gasteiger partial charge in [-0.3, -0.25) is 4.90 Å². The molecule has 2 heterocycles. The van der Waals surface area contributed by atoms with E-state index < -0.39 is 0 Å². The number of aromatic amines is 1. The van der Waals surface area contributed by atoms with Crippen LogP contribution in [0.5, 0.6) is 0 Å². The van der Waals surface area contributed by atoms with Crippen LogP contribution in [-0.2, 0) is 6.42 Å². The van der Waals surface area contributed by atoms with Gasteiger partial charge in [-0.15, -0.1) is 0 Å². The van der Waals surface area contributed by atoms with Gasteiger partial charge in [0.05, 0.1) is 0 Å². The Morgan fingerprint density at radius 2 is 2.19 bits per heavy atom. The normalized spacial score (nSPS) is 25.1. The molecule has 4 nitrogen and oxygen atoms in total. The van der Waals surface area contributed by atoms with Crippen LogP contribution in [0.1, 0.15) is 49.4 Å². The summed E-state index contributed by atoms with van der Waals surface area (Å²) in [6.45, 7) is 9.70. The average Bonchev–Trinajstić information content (AvgIpc) is 2.93. The minimum Gasteiger partial charge on any atom is -0.363 e. The van der Waals surface area contributed by atoms with Crippen LogP contribution in [0, 0.1) is 6.92 Å². The Morgan fingerprint density at radius 1 is 1.35 bits per heavy atom. The van der Waals surface area contributed by atoms with Crippen molar-refractivity contribution in [2.75, 3.05) is 19.6 Å². The summed E-state index contributed by atoms with van der Waals surface area (Å²) >= 11 is 5.47. The summed E-state index contributed by atoms with van der Waals surface area (Å²) in [5.41, 5.74) is 5.71. The van der Waals surface area contributed by atoms with Crippen molar-refractivity contribution < 1.29 is 0 Å². The first kappa shape index (κ1) is 17.8. The predicted octanol–water partition coefficient (Wildman–Crippen LogP) is 3.45. The average molecular weight is 371 g/mol. The molecule has 0 amide bonds. The number of hydrogen-bond acceptors (Lipinski definition) is 2. The van der Waals surface area contributed by atoms with Crippen LogP contribution in [0.25, 0.3) is 10.9 Å². The topological polar surface area (TPSA) is 43.1 Å². The summed E-state index contributed by atoms with van der Waals surface area (Å²) in [7, 11) is 0. The molecule has 1 aliphatic heterocycles. The Morgan fingerprint density at radius 3 is 2.96 bits per heavy atom. The van der Waals surface area contributed by atoms with Crippen molar-refractivity contribution in [1.29, 1.82) is 0 Å². The fourth-order valence-electron chi connectivity index (χ4n) is 5.11. The number of nitrogens with zero attached hydrogens (tertiary/aromatic N) is 1. The highest BCUT2D eigenvalue weighted by Crippen LogP contribution is 2.44. The van der Waals surface area contributed by atoms with Crippen LogP contribution in [0.4, 0.5) is 0 Å². The summed E-state index contributed by atoms with van der Waals surface area (Å²) in [5.74, 6) is 0.573. The van der Waals surface area contributed by atoms with Gasteiger partial charge in [0.25, 0.3) is 0 Å². The molecule has 1 aliphatic carbocycles. The van der Waals surface area contributed by atoms with Gasteiger partial charge in [0.15, 0.2) is 5.11 Å². The summed E-state index contributed by atoms with van der Waals surface area (Å²) in [6, 6.07) is 7.80. The van der Waals surface area contributed by atoms with E-state index in [0.29, 0.717) is 18.0 Å². The molecule has 4 rings (SSSR count). The van der Waals surface area contributed by atoms with E-state index in [0.717, 1.165) is 37.6 Å². The molecule has 2 aliphatic rings. The van der Waals surface area contributed by atoms with E-state index in [2.05, 4.69) is 59.5 Å². The summed E-state index contributed by atoms with van der Waals surface area (Å²) in [4.78, 5) is 6.31. The molecule has 0 unspecified atom stereocenters. The summed E-state index contributed by atoms with van der Waals surface area (Å²) in [5, 5.41) is 9.10. The third-order valence-electron chi connectivity index (χ3n) is 6.10. The maximum atomic E-state index is 5.47. The lowest BCUT2D eigenvalue weighted by atomic mass is 9.73. The van der Waals surface area contributed by atoms with Gasteiger partial charge in [0.2, 0.25) is 0 Å². The maximum Gasteiger partial charge on any atom is 0.166 e. The molecule has 3 N–H and O–H groups in total. The smallest absolute Gasteiger partial charge is 0.166 e. The SMILES string of the molecule is CCCN1C[C@@H](NC(=S)NCC)C[C@@H]2c3cccc4[nH]c(C)c(c34)C[C@H]21. The van der Waals surface area contributed by atoms with Gasteiger partial charge in [-0.2, -0.15) is 0 Å². The number of aryl methyl sites for hydroxylation is 1. The van der Waals surface area contributed by atoms with E-state index in [1.165, 1.54) is 34.1 Å². The van der Waals surface area contributed by atoms with Crippen LogP contribution >= 0.6 is 12.2 Å². The predicted molar refractivity (Wildman–Crippen MR) is 113 cm³/mol. The van der Waals surface area contributed by atoms with E-state index in [9.17, 15) is 0 Å². The van der Waals surface area contributed by atoms with Crippen molar-refractivity contribution in [2.45, 2.75) is 58.0 Å². The summed E-state index contributed by atoms with van der Waals surface area (Å²) in [6.07, 6.45) is 3.51. The Bertz CT molecular complexity index is 812. The molecule has 2 aromatic rings. The monoisotopic (exact) mass is 370 g/mol. The fraction of sp³-hybridized carbons (Fsp3) is 0.571. The van der Waals surface area contributed by atoms with E-state index in [-0.39, 0.29) is 0 Å². The number of aromatic nitrogens is 1. The van der Waals surface area contributed by atoms with Gasteiger partial charge in [-0.25, -0.2) is 0 Å². The third kappa shape index (κ3) is 3.01. The number of likely N-dealkylation sites (tertiary alicyclic amines) is 1. The van der Waals surface area contributed by atoms with Crippen LogP contribution in [-0.4, -0.2) is 46.7 Å². The highest BCUT2D eigenvalue weighted by atomic mass is 32.1. The van der Waals surface area contributed by atoms with Crippen LogP contribution in [0.2, 0.25) is 0 Å². The molecular weight excluding hydrogens is 340 g/mol. The first-order chi connectivity index (χ1) is 12.6. The van der Waals surface area contributed by atoms with Gasteiger partial charge < -0.3 is 15.6 Å². The number of H-pyrrole nitrogens is 1. The minimum absolute atomic E-state index is 0.409. The highest BCUT2D eigenvalue weighted by molar-refractivity contribution is 7.80. The molecule has 0 spiro atoms. The van der Waals surface area contributed by atoms with E-state index in [1.54, 1.807) is 0 Å². The molecule has 0 saturated carbocycles. The number of benzene rings is 1. The third-order valence-corrected chi connectivity index (χ3v) is 6.36. The second kappa shape index (κ2) is 7.20. The highest BCUT2D eigenvalue weighted by Gasteiger charge is 2.41. The zero-order valence-electron chi connectivity index (χ0n) is 16.1. The lowest BCUT2D eigenvalue weighted by molar-refractivity contribution is 0.105. The van der Waals surface area contributed by atoms with Gasteiger partial charge >= 0.3 is 0 Å². The molecule has 3 atom stereocenters. The van der Waals surface area contributed by atoms with Crippen LogP contribution in [0.3, 0.4) is 0 Å². The number of nitrogens with one attached hydrogen (secondary N) is 3. The first-order valence-electron chi connectivity index (χ1n) is 10.0. The standard InChI is InChI=1S/C21H30N4S/c1-4-9-25-12-14(24-21(26)22-5-2)10-17-15-7-6-8-18-20(15)16(11-19(17)25)13(3)23-18/h6-8,14,17,19,23H,4-5,9-12H2,1-3H3,(H2,22,24,26)/t14-,17+,19+/m0/s1. The maximum absolute atomic E-state index is 5.47. The van der Waals surface area contributed by atoms with Crippen molar-refractivity contribution >= 4 is 28.2 Å². The Kier molecular flexibility index (Phi) is 4.93. The van der Waals surface area contributed by atoms with Gasteiger partial charge in [-0.1, -0.05) is 19.1 Å². The summed E-state index contributed by atoms with van der Waals surface area (Å²) < 4.78 is 0. The lowest BCUT2D eigenvalue weighted by Gasteiger charge is -2.47. The molecule has 1 aromatic carbocycles. The molecule has 1 saturated heterocycles. The zero-order valence-corrected chi connectivity index (χ0v) is 16.9. The molecule has 0 radical (unpaired) electrons. The fourth-order valence-corrected chi connectivity index (χ4v) is 5.42. The first-order valence-corrected chi connectivity index (χ1v) is 10.4. The molecule has 5 heteroatoms. The van der Waals surface area contributed by atoms with Crippen molar-refractivity contribution in [2.24, 2.45) is 0 Å².